The van der Waals surface area contributed by atoms with Crippen LogP contribution in [0.5, 0.6) is 0 Å². The fraction of sp³-hybridized carbons (Fsp3) is 0.455. The van der Waals surface area contributed by atoms with Crippen LogP contribution in [0, 0.1) is 0 Å². The van der Waals surface area contributed by atoms with Crippen LogP contribution in [0.25, 0.3) is 0 Å². The van der Waals surface area contributed by atoms with E-state index in [9.17, 15) is 9.59 Å². The first-order chi connectivity index (χ1) is 8.75. The van der Waals surface area contributed by atoms with Crippen molar-refractivity contribution in [3.05, 3.63) is 22.4 Å². The lowest BCUT2D eigenvalue weighted by Gasteiger charge is -2.25. The Morgan fingerprint density at radius 1 is 1.44 bits per heavy atom. The number of carbonyl (C=O) groups is 2. The third-order valence-corrected chi connectivity index (χ3v) is 3.42. The average Bonchev–Trinajstić information content (AvgIpc) is 2.90. The van der Waals surface area contributed by atoms with Gasteiger partial charge in [-0.25, -0.2) is 9.59 Å². The molecule has 7 heteroatoms. The molecule has 2 amide bonds. The Morgan fingerprint density at radius 2 is 2.22 bits per heavy atom. The van der Waals surface area contributed by atoms with Gasteiger partial charge in [-0.05, 0) is 11.4 Å². The molecule has 1 aliphatic rings. The van der Waals surface area contributed by atoms with E-state index in [1.54, 1.807) is 0 Å². The molecule has 1 aromatic heterocycles. The van der Waals surface area contributed by atoms with Gasteiger partial charge in [0.2, 0.25) is 0 Å². The van der Waals surface area contributed by atoms with E-state index in [0.717, 1.165) is 18.0 Å². The topological polar surface area (TPSA) is 70.7 Å². The second kappa shape index (κ2) is 6.36. The van der Waals surface area contributed by atoms with Crippen LogP contribution in [0.15, 0.2) is 17.5 Å². The molecule has 2 heterocycles. The number of nitrogens with zero attached hydrogens (tertiary/aromatic N) is 1. The molecule has 18 heavy (non-hydrogen) atoms. The highest BCUT2D eigenvalue weighted by molar-refractivity contribution is 7.09. The van der Waals surface area contributed by atoms with Crippen molar-refractivity contribution in [1.82, 2.24) is 15.5 Å². The zero-order valence-electron chi connectivity index (χ0n) is 9.85. The summed E-state index contributed by atoms with van der Waals surface area (Å²) in [6.45, 7) is 2.97. The molecular weight excluding hydrogens is 254 g/mol. The number of nitrogens with one attached hydrogen (secondary N) is 2. The molecule has 1 aliphatic heterocycles. The lowest BCUT2D eigenvalue weighted by molar-refractivity contribution is 0.113. The van der Waals surface area contributed by atoms with E-state index in [4.69, 9.17) is 4.74 Å². The second-order valence-electron chi connectivity index (χ2n) is 3.83. The minimum atomic E-state index is -0.702. The number of hydrogen-bond donors (Lipinski definition) is 2. The Labute approximate surface area is 109 Å². The third kappa shape index (κ3) is 3.71. The summed E-state index contributed by atoms with van der Waals surface area (Å²) in [7, 11) is 0. The number of carbonyl (C=O) groups excluding carboxylic acids is 2. The molecule has 1 saturated heterocycles. The van der Waals surface area contributed by atoms with Crippen LogP contribution in [0.3, 0.4) is 0 Å². The van der Waals surface area contributed by atoms with Crippen molar-refractivity contribution < 1.29 is 14.3 Å². The van der Waals surface area contributed by atoms with E-state index in [2.05, 4.69) is 10.6 Å². The fourth-order valence-corrected chi connectivity index (χ4v) is 2.24. The molecule has 0 aromatic carbocycles. The van der Waals surface area contributed by atoms with Gasteiger partial charge in [-0.1, -0.05) is 6.07 Å². The van der Waals surface area contributed by atoms with E-state index >= 15 is 0 Å². The van der Waals surface area contributed by atoms with Gasteiger partial charge in [0.05, 0.1) is 6.54 Å². The Balaban J connectivity index is 1.71. The van der Waals surface area contributed by atoms with Crippen LogP contribution in [-0.4, -0.2) is 43.3 Å². The minimum absolute atomic E-state index is 0.380. The summed E-state index contributed by atoms with van der Waals surface area (Å²) in [5.41, 5.74) is 0. The zero-order chi connectivity index (χ0) is 12.8. The molecule has 0 atom stereocenters. The summed E-state index contributed by atoms with van der Waals surface area (Å²) < 4.78 is 4.70. The van der Waals surface area contributed by atoms with E-state index in [1.807, 2.05) is 17.5 Å². The van der Waals surface area contributed by atoms with Crippen LogP contribution < -0.4 is 10.6 Å². The summed E-state index contributed by atoms with van der Waals surface area (Å²) in [6, 6.07) is 3.81. The van der Waals surface area contributed by atoms with Crippen molar-refractivity contribution >= 4 is 23.5 Å². The van der Waals surface area contributed by atoms with E-state index < -0.39 is 12.2 Å². The molecule has 98 valence electrons. The van der Waals surface area contributed by atoms with Crippen molar-refractivity contribution in [2.75, 3.05) is 26.2 Å². The molecule has 0 spiro atoms. The normalized spacial score (nSPS) is 15.2. The number of amides is 2. The number of hydrogen-bond acceptors (Lipinski definition) is 5. The van der Waals surface area contributed by atoms with Crippen molar-refractivity contribution in [1.29, 1.82) is 0 Å². The predicted molar refractivity (Wildman–Crippen MR) is 67.5 cm³/mol. The smallest absolute Gasteiger partial charge is 0.359 e. The number of piperazine rings is 1. The number of rotatable bonds is 2. The summed E-state index contributed by atoms with van der Waals surface area (Å²) in [6.07, 6.45) is -1.29. The lowest BCUT2D eigenvalue weighted by Crippen LogP contribution is -2.47. The molecule has 2 rings (SSSR count). The third-order valence-electron chi connectivity index (χ3n) is 2.54. The maximum absolute atomic E-state index is 11.6. The monoisotopic (exact) mass is 269 g/mol. The number of alkyl carbamates (subject to hydrolysis) is 1. The summed E-state index contributed by atoms with van der Waals surface area (Å²) in [5.74, 6) is 0. The van der Waals surface area contributed by atoms with Gasteiger partial charge in [0.1, 0.15) is 0 Å². The summed E-state index contributed by atoms with van der Waals surface area (Å²) in [5, 5.41) is 7.58. The van der Waals surface area contributed by atoms with Crippen LogP contribution in [0.2, 0.25) is 0 Å². The minimum Gasteiger partial charge on any atom is -0.359 e. The second-order valence-corrected chi connectivity index (χ2v) is 4.86. The summed E-state index contributed by atoms with van der Waals surface area (Å²) in [4.78, 5) is 25.5. The first-order valence-corrected chi connectivity index (χ1v) is 6.61. The molecule has 1 aromatic rings. The van der Waals surface area contributed by atoms with Gasteiger partial charge in [-0.15, -0.1) is 11.3 Å². The Bertz CT molecular complexity index is 402. The quantitative estimate of drug-likeness (QED) is 0.786. The molecular formula is C11H15N3O3S. The SMILES string of the molecule is O=C(NCc1cccs1)OC(=O)N1CCNCC1. The van der Waals surface area contributed by atoms with Crippen LogP contribution in [-0.2, 0) is 11.3 Å². The van der Waals surface area contributed by atoms with E-state index in [-0.39, 0.29) is 0 Å². The van der Waals surface area contributed by atoms with Crippen molar-refractivity contribution in [3.8, 4) is 0 Å². The van der Waals surface area contributed by atoms with Gasteiger partial charge < -0.3 is 20.3 Å². The first-order valence-electron chi connectivity index (χ1n) is 5.73. The molecule has 1 fully saturated rings. The van der Waals surface area contributed by atoms with Crippen LogP contribution in [0.1, 0.15) is 4.88 Å². The molecule has 0 radical (unpaired) electrons. The number of thiophene rings is 1. The molecule has 0 unspecified atom stereocenters. The van der Waals surface area contributed by atoms with E-state index in [1.165, 1.54) is 16.2 Å². The Hall–Kier alpha value is -1.60. The van der Waals surface area contributed by atoms with Gasteiger partial charge in [0.25, 0.3) is 0 Å². The maximum Gasteiger partial charge on any atom is 0.418 e. The Kier molecular flexibility index (Phi) is 4.54. The highest BCUT2D eigenvalue weighted by Crippen LogP contribution is 2.07. The van der Waals surface area contributed by atoms with Gasteiger partial charge in [0.15, 0.2) is 0 Å². The first kappa shape index (κ1) is 12.8. The van der Waals surface area contributed by atoms with Crippen molar-refractivity contribution in [3.63, 3.8) is 0 Å². The van der Waals surface area contributed by atoms with Crippen molar-refractivity contribution in [2.24, 2.45) is 0 Å². The van der Waals surface area contributed by atoms with Crippen LogP contribution in [0.4, 0.5) is 9.59 Å². The largest absolute Gasteiger partial charge is 0.418 e. The van der Waals surface area contributed by atoms with Gasteiger partial charge in [-0.3, -0.25) is 0 Å². The molecule has 0 saturated carbocycles. The molecule has 0 bridgehead atoms. The van der Waals surface area contributed by atoms with Gasteiger partial charge in [0, 0.05) is 31.1 Å². The van der Waals surface area contributed by atoms with Gasteiger partial charge >= 0.3 is 12.2 Å². The Morgan fingerprint density at radius 3 is 2.89 bits per heavy atom. The molecule has 2 N–H and O–H groups in total. The molecule has 6 nitrogen and oxygen atoms in total. The predicted octanol–water partition coefficient (Wildman–Crippen LogP) is 1.000. The lowest BCUT2D eigenvalue weighted by atomic mass is 10.4. The standard InChI is InChI=1S/C11H15N3O3S/c15-10(13-8-9-2-1-7-18-9)17-11(16)14-5-3-12-4-6-14/h1-2,7,12H,3-6,8H2,(H,13,15). The molecule has 0 aliphatic carbocycles. The van der Waals surface area contributed by atoms with Crippen molar-refractivity contribution in [2.45, 2.75) is 6.54 Å². The zero-order valence-corrected chi connectivity index (χ0v) is 10.7. The maximum atomic E-state index is 11.6. The van der Waals surface area contributed by atoms with E-state index in [0.29, 0.717) is 19.6 Å². The van der Waals surface area contributed by atoms with Gasteiger partial charge in [-0.2, -0.15) is 0 Å². The highest BCUT2D eigenvalue weighted by Gasteiger charge is 2.20. The number of ether oxygens (including phenoxy) is 1. The van der Waals surface area contributed by atoms with Crippen LogP contribution >= 0.6 is 11.3 Å². The average molecular weight is 269 g/mol. The summed E-state index contributed by atoms with van der Waals surface area (Å²) >= 11 is 1.54. The fourth-order valence-electron chi connectivity index (χ4n) is 1.60. The highest BCUT2D eigenvalue weighted by atomic mass is 32.1.